The lowest BCUT2D eigenvalue weighted by Gasteiger charge is -2.01. The largest absolute Gasteiger partial charge is 0.465 e. The van der Waals surface area contributed by atoms with Crippen LogP contribution in [0, 0.1) is 22.7 Å². The molecule has 0 aromatic heterocycles. The standard InChI is InChI=1S/C16H12N2O8/c1-23-13(19)7(5-17)9-10(8(6-18)14(20)24-2)11(9)12(15(21)25-3)16(22)26-4/h1-4H3/b9-7-,10-8+. The molecule has 10 heteroatoms. The number of hydrogen-bond donors (Lipinski definition) is 0. The van der Waals surface area contributed by atoms with Crippen LogP contribution in [0.3, 0.4) is 0 Å². The Labute approximate surface area is 147 Å². The predicted octanol–water partition coefficient (Wildman–Crippen LogP) is -0.371. The lowest BCUT2D eigenvalue weighted by Crippen LogP contribution is -2.16. The molecule has 0 aromatic carbocycles. The number of nitriles is 2. The van der Waals surface area contributed by atoms with Crippen LogP contribution in [-0.4, -0.2) is 52.3 Å². The first kappa shape index (κ1) is 20.1. The van der Waals surface area contributed by atoms with E-state index in [0.29, 0.717) is 0 Å². The van der Waals surface area contributed by atoms with E-state index in [-0.39, 0.29) is 16.7 Å². The minimum Gasteiger partial charge on any atom is -0.465 e. The molecule has 0 spiro atoms. The Hall–Kier alpha value is -3.92. The van der Waals surface area contributed by atoms with Gasteiger partial charge in [0, 0.05) is 16.7 Å². The van der Waals surface area contributed by atoms with E-state index in [1.807, 2.05) is 0 Å². The van der Waals surface area contributed by atoms with Gasteiger partial charge in [-0.2, -0.15) is 10.5 Å². The van der Waals surface area contributed by atoms with Gasteiger partial charge in [-0.25, -0.2) is 19.2 Å². The normalized spacial score (nSPS) is 15.5. The first-order chi connectivity index (χ1) is 12.3. The fourth-order valence-electron chi connectivity index (χ4n) is 2.04. The molecule has 0 atom stereocenters. The van der Waals surface area contributed by atoms with Crippen LogP contribution < -0.4 is 0 Å². The highest BCUT2D eigenvalue weighted by Gasteiger charge is 2.47. The van der Waals surface area contributed by atoms with Gasteiger partial charge in [0.2, 0.25) is 0 Å². The van der Waals surface area contributed by atoms with E-state index in [4.69, 9.17) is 0 Å². The van der Waals surface area contributed by atoms with Crippen LogP contribution in [-0.2, 0) is 38.1 Å². The van der Waals surface area contributed by atoms with Crippen molar-refractivity contribution in [1.82, 2.24) is 0 Å². The zero-order chi connectivity index (χ0) is 20.0. The number of esters is 4. The van der Waals surface area contributed by atoms with Crippen molar-refractivity contribution in [3.63, 3.8) is 0 Å². The molecule has 1 aliphatic carbocycles. The van der Waals surface area contributed by atoms with Crippen molar-refractivity contribution in [2.45, 2.75) is 0 Å². The number of allylic oxidation sites excluding steroid dienone is 3. The van der Waals surface area contributed by atoms with Gasteiger partial charge in [-0.3, -0.25) is 0 Å². The topological polar surface area (TPSA) is 153 Å². The van der Waals surface area contributed by atoms with E-state index >= 15 is 0 Å². The third-order valence-corrected chi connectivity index (χ3v) is 3.22. The van der Waals surface area contributed by atoms with Gasteiger partial charge in [0.15, 0.2) is 5.57 Å². The van der Waals surface area contributed by atoms with E-state index in [9.17, 15) is 29.7 Å². The summed E-state index contributed by atoms with van der Waals surface area (Å²) in [5, 5.41) is 18.4. The molecule has 0 aromatic rings. The molecule has 0 heterocycles. The van der Waals surface area contributed by atoms with Gasteiger partial charge in [-0.1, -0.05) is 0 Å². The molecule has 0 bridgehead atoms. The second kappa shape index (κ2) is 8.26. The number of hydrogen-bond acceptors (Lipinski definition) is 10. The molecular weight excluding hydrogens is 348 g/mol. The summed E-state index contributed by atoms with van der Waals surface area (Å²) in [5.41, 5.74) is -2.75. The third kappa shape index (κ3) is 3.44. The number of nitrogens with zero attached hydrogens (tertiary/aromatic N) is 2. The van der Waals surface area contributed by atoms with E-state index in [1.54, 1.807) is 12.1 Å². The van der Waals surface area contributed by atoms with Crippen molar-refractivity contribution in [2.75, 3.05) is 28.4 Å². The summed E-state index contributed by atoms with van der Waals surface area (Å²) in [5.74, 6) is -4.48. The number of carbonyl (C=O) groups is 4. The Morgan fingerprint density at radius 1 is 0.615 bits per heavy atom. The van der Waals surface area contributed by atoms with Gasteiger partial charge in [0.25, 0.3) is 0 Å². The lowest BCUT2D eigenvalue weighted by molar-refractivity contribution is -0.144. The van der Waals surface area contributed by atoms with Gasteiger partial charge < -0.3 is 18.9 Å². The van der Waals surface area contributed by atoms with Crippen LogP contribution in [0.2, 0.25) is 0 Å². The minimum absolute atomic E-state index is 0.271. The summed E-state index contributed by atoms with van der Waals surface area (Å²) in [6.07, 6.45) is 0. The van der Waals surface area contributed by atoms with E-state index in [2.05, 4.69) is 18.9 Å². The molecule has 0 saturated heterocycles. The summed E-state index contributed by atoms with van der Waals surface area (Å²) in [6.45, 7) is 0. The lowest BCUT2D eigenvalue weighted by atomic mass is 10.2. The second-order valence-corrected chi connectivity index (χ2v) is 4.44. The van der Waals surface area contributed by atoms with E-state index in [0.717, 1.165) is 28.4 Å². The Balaban J connectivity index is 4.02. The molecule has 10 nitrogen and oxygen atoms in total. The highest BCUT2D eigenvalue weighted by molar-refractivity contribution is 6.21. The smallest absolute Gasteiger partial charge is 0.349 e. The van der Waals surface area contributed by atoms with Crippen LogP contribution in [0.4, 0.5) is 0 Å². The highest BCUT2D eigenvalue weighted by atomic mass is 16.5. The summed E-state index contributed by atoms with van der Waals surface area (Å²) in [6, 6.07) is 3.10. The Morgan fingerprint density at radius 2 is 0.923 bits per heavy atom. The van der Waals surface area contributed by atoms with E-state index in [1.165, 1.54) is 0 Å². The molecule has 0 radical (unpaired) electrons. The van der Waals surface area contributed by atoms with Gasteiger partial charge >= 0.3 is 23.9 Å². The Kier molecular flexibility index (Phi) is 6.39. The molecule has 0 N–H and O–H groups in total. The first-order valence-corrected chi connectivity index (χ1v) is 6.71. The van der Waals surface area contributed by atoms with Crippen LogP contribution in [0.25, 0.3) is 0 Å². The summed E-state index contributed by atoms with van der Waals surface area (Å²) < 4.78 is 17.9. The zero-order valence-corrected chi connectivity index (χ0v) is 14.2. The molecule has 1 saturated carbocycles. The minimum atomic E-state index is -1.15. The quantitative estimate of drug-likeness (QED) is 0.162. The SMILES string of the molecule is COC(=O)C(C(=O)OC)=C1C(=C(/C#N)C(=O)OC)/C1=C(/C#N)C(=O)OC. The van der Waals surface area contributed by atoms with Gasteiger partial charge in [0.05, 0.1) is 28.4 Å². The maximum atomic E-state index is 12.0. The fraction of sp³-hybridized carbons (Fsp3) is 0.250. The molecule has 0 aliphatic heterocycles. The molecule has 134 valence electrons. The number of carbonyl (C=O) groups excluding carboxylic acids is 4. The van der Waals surface area contributed by atoms with Crippen LogP contribution in [0.5, 0.6) is 0 Å². The molecule has 1 rings (SSSR count). The van der Waals surface area contributed by atoms with Crippen molar-refractivity contribution < 1.29 is 38.1 Å². The number of ether oxygens (including phenoxy) is 4. The van der Waals surface area contributed by atoms with Crippen molar-refractivity contribution in [1.29, 1.82) is 10.5 Å². The van der Waals surface area contributed by atoms with Gasteiger partial charge in [-0.05, 0) is 0 Å². The van der Waals surface area contributed by atoms with Crippen LogP contribution in [0.1, 0.15) is 0 Å². The average molecular weight is 360 g/mol. The molecule has 0 amide bonds. The van der Waals surface area contributed by atoms with Crippen LogP contribution in [0.15, 0.2) is 33.4 Å². The van der Waals surface area contributed by atoms with Crippen molar-refractivity contribution >= 4 is 23.9 Å². The third-order valence-electron chi connectivity index (χ3n) is 3.22. The van der Waals surface area contributed by atoms with Crippen molar-refractivity contribution in [2.24, 2.45) is 0 Å². The average Bonchev–Trinajstić information content (AvgIpc) is 3.35. The van der Waals surface area contributed by atoms with Crippen molar-refractivity contribution in [3.8, 4) is 12.1 Å². The zero-order valence-electron chi connectivity index (χ0n) is 14.2. The number of rotatable bonds is 4. The van der Waals surface area contributed by atoms with E-state index < -0.39 is 40.6 Å². The first-order valence-electron chi connectivity index (χ1n) is 6.71. The molecule has 26 heavy (non-hydrogen) atoms. The maximum Gasteiger partial charge on any atom is 0.349 e. The second-order valence-electron chi connectivity index (χ2n) is 4.44. The summed E-state index contributed by atoms with van der Waals surface area (Å²) in [4.78, 5) is 47.5. The Bertz CT molecular complexity index is 807. The highest BCUT2D eigenvalue weighted by Crippen LogP contribution is 2.51. The van der Waals surface area contributed by atoms with Crippen molar-refractivity contribution in [3.05, 3.63) is 33.4 Å². The molecule has 1 aliphatic rings. The Morgan fingerprint density at radius 3 is 1.15 bits per heavy atom. The summed E-state index contributed by atoms with van der Waals surface area (Å²) >= 11 is 0. The maximum absolute atomic E-state index is 12.0. The number of methoxy groups -OCH3 is 4. The van der Waals surface area contributed by atoms with Crippen LogP contribution >= 0.6 is 0 Å². The predicted molar refractivity (Wildman–Crippen MR) is 80.4 cm³/mol. The monoisotopic (exact) mass is 360 g/mol. The summed E-state index contributed by atoms with van der Waals surface area (Å²) in [7, 11) is 3.97. The molecule has 1 fully saturated rings. The molecular formula is C16H12N2O8. The van der Waals surface area contributed by atoms with Gasteiger partial charge in [-0.15, -0.1) is 0 Å². The molecule has 0 unspecified atom stereocenters. The van der Waals surface area contributed by atoms with Gasteiger partial charge in [0.1, 0.15) is 23.3 Å². The fourth-order valence-corrected chi connectivity index (χ4v) is 2.04.